The highest BCUT2D eigenvalue weighted by Crippen LogP contribution is 2.08. The fourth-order valence-corrected chi connectivity index (χ4v) is 1.17. The standard InChI is InChI=1S/C10H13NO2/c1-8(10(12)13-11)7-9-5-3-2-4-6-9/h2-6,8H,7,11H2,1H3. The summed E-state index contributed by atoms with van der Waals surface area (Å²) in [7, 11) is 0. The average molecular weight is 179 g/mol. The third-order valence-electron chi connectivity index (χ3n) is 1.90. The second-order valence-electron chi connectivity index (χ2n) is 3.03. The van der Waals surface area contributed by atoms with Gasteiger partial charge in [0.2, 0.25) is 0 Å². The summed E-state index contributed by atoms with van der Waals surface area (Å²) in [6.45, 7) is 1.79. The topological polar surface area (TPSA) is 52.3 Å². The number of carbonyl (C=O) groups is 1. The smallest absolute Gasteiger partial charge is 0.327 e. The van der Waals surface area contributed by atoms with Gasteiger partial charge in [0.25, 0.3) is 0 Å². The van der Waals surface area contributed by atoms with Crippen LogP contribution < -0.4 is 5.90 Å². The van der Waals surface area contributed by atoms with Gasteiger partial charge in [-0.15, -0.1) is 0 Å². The molecule has 0 bridgehead atoms. The molecule has 1 unspecified atom stereocenters. The lowest BCUT2D eigenvalue weighted by atomic mass is 10.0. The van der Waals surface area contributed by atoms with Gasteiger partial charge in [-0.25, -0.2) is 0 Å². The zero-order valence-electron chi connectivity index (χ0n) is 7.57. The number of hydrogen-bond donors (Lipinski definition) is 1. The van der Waals surface area contributed by atoms with Gasteiger partial charge in [-0.2, -0.15) is 5.90 Å². The van der Waals surface area contributed by atoms with E-state index in [0.29, 0.717) is 6.42 Å². The normalized spacial score (nSPS) is 12.2. The van der Waals surface area contributed by atoms with Crippen molar-refractivity contribution in [2.45, 2.75) is 13.3 Å². The summed E-state index contributed by atoms with van der Waals surface area (Å²) in [5.74, 6) is 4.22. The molecule has 0 aromatic heterocycles. The molecular weight excluding hydrogens is 166 g/mol. The fourth-order valence-electron chi connectivity index (χ4n) is 1.17. The Labute approximate surface area is 77.5 Å². The maximum atomic E-state index is 11.0. The highest BCUT2D eigenvalue weighted by Gasteiger charge is 2.13. The predicted molar refractivity (Wildman–Crippen MR) is 49.6 cm³/mol. The average Bonchev–Trinajstić information content (AvgIpc) is 2.18. The number of rotatable bonds is 3. The van der Waals surface area contributed by atoms with Gasteiger partial charge in [0.15, 0.2) is 0 Å². The number of benzene rings is 1. The summed E-state index contributed by atoms with van der Waals surface area (Å²) in [4.78, 5) is 15.1. The van der Waals surface area contributed by atoms with E-state index >= 15 is 0 Å². The van der Waals surface area contributed by atoms with Gasteiger partial charge in [0, 0.05) is 0 Å². The van der Waals surface area contributed by atoms with E-state index in [1.54, 1.807) is 6.92 Å². The van der Waals surface area contributed by atoms with Gasteiger partial charge in [0.05, 0.1) is 5.92 Å². The minimum Gasteiger partial charge on any atom is -0.373 e. The van der Waals surface area contributed by atoms with Crippen molar-refractivity contribution in [2.75, 3.05) is 0 Å². The highest BCUT2D eigenvalue weighted by molar-refractivity contribution is 5.71. The largest absolute Gasteiger partial charge is 0.373 e. The SMILES string of the molecule is CC(Cc1ccccc1)C(=O)ON. The van der Waals surface area contributed by atoms with Gasteiger partial charge >= 0.3 is 5.97 Å². The summed E-state index contributed by atoms with van der Waals surface area (Å²) in [5, 5.41) is 0. The van der Waals surface area contributed by atoms with Crippen molar-refractivity contribution in [1.29, 1.82) is 0 Å². The minimum absolute atomic E-state index is 0.188. The van der Waals surface area contributed by atoms with E-state index < -0.39 is 0 Å². The maximum Gasteiger partial charge on any atom is 0.327 e. The molecule has 0 fully saturated rings. The molecule has 3 heteroatoms. The maximum absolute atomic E-state index is 11.0. The molecule has 0 aliphatic heterocycles. The predicted octanol–water partition coefficient (Wildman–Crippen LogP) is 1.28. The molecule has 0 saturated carbocycles. The van der Waals surface area contributed by atoms with Crippen LogP contribution in [0.5, 0.6) is 0 Å². The Kier molecular flexibility index (Phi) is 3.46. The summed E-state index contributed by atoms with van der Waals surface area (Å²) in [6, 6.07) is 9.77. The Morgan fingerprint density at radius 2 is 2.08 bits per heavy atom. The van der Waals surface area contributed by atoms with Crippen molar-refractivity contribution in [2.24, 2.45) is 11.8 Å². The third kappa shape index (κ3) is 2.87. The van der Waals surface area contributed by atoms with Crippen LogP contribution in [0.2, 0.25) is 0 Å². The van der Waals surface area contributed by atoms with Gasteiger partial charge in [-0.3, -0.25) is 4.79 Å². The van der Waals surface area contributed by atoms with Crippen LogP contribution >= 0.6 is 0 Å². The second kappa shape index (κ2) is 4.62. The Balaban J connectivity index is 2.55. The van der Waals surface area contributed by atoms with E-state index in [4.69, 9.17) is 5.90 Å². The number of nitrogens with two attached hydrogens (primary N) is 1. The van der Waals surface area contributed by atoms with Gasteiger partial charge in [-0.1, -0.05) is 37.3 Å². The van der Waals surface area contributed by atoms with Crippen molar-refractivity contribution in [3.8, 4) is 0 Å². The molecule has 1 atom stereocenters. The Morgan fingerprint density at radius 3 is 2.62 bits per heavy atom. The van der Waals surface area contributed by atoms with Crippen molar-refractivity contribution < 1.29 is 9.63 Å². The summed E-state index contributed by atoms with van der Waals surface area (Å²) in [5.41, 5.74) is 1.11. The number of carbonyl (C=O) groups excluding carboxylic acids is 1. The monoisotopic (exact) mass is 179 g/mol. The molecule has 0 amide bonds. The first kappa shape index (κ1) is 9.74. The van der Waals surface area contributed by atoms with E-state index in [0.717, 1.165) is 5.56 Å². The zero-order chi connectivity index (χ0) is 9.68. The van der Waals surface area contributed by atoms with E-state index in [-0.39, 0.29) is 11.9 Å². The molecule has 1 aromatic carbocycles. The lowest BCUT2D eigenvalue weighted by Gasteiger charge is -2.07. The van der Waals surface area contributed by atoms with Crippen LogP contribution in [0.1, 0.15) is 12.5 Å². The van der Waals surface area contributed by atoms with E-state index in [9.17, 15) is 4.79 Å². The van der Waals surface area contributed by atoms with Crippen molar-refractivity contribution in [3.05, 3.63) is 35.9 Å². The van der Waals surface area contributed by atoms with Crippen LogP contribution in [0.25, 0.3) is 0 Å². The van der Waals surface area contributed by atoms with Crippen LogP contribution in [0.15, 0.2) is 30.3 Å². The van der Waals surface area contributed by atoms with Crippen molar-refractivity contribution >= 4 is 5.97 Å². The van der Waals surface area contributed by atoms with Crippen LogP contribution in [-0.4, -0.2) is 5.97 Å². The number of hydrogen-bond acceptors (Lipinski definition) is 3. The zero-order valence-corrected chi connectivity index (χ0v) is 7.57. The minimum atomic E-state index is -0.371. The highest BCUT2D eigenvalue weighted by atomic mass is 16.7. The Hall–Kier alpha value is -1.35. The molecule has 13 heavy (non-hydrogen) atoms. The quantitative estimate of drug-likeness (QED) is 0.711. The van der Waals surface area contributed by atoms with E-state index in [2.05, 4.69) is 4.84 Å². The Bertz CT molecular complexity index is 272. The van der Waals surface area contributed by atoms with Gasteiger partial charge in [0.1, 0.15) is 0 Å². The summed E-state index contributed by atoms with van der Waals surface area (Å²) >= 11 is 0. The lowest BCUT2D eigenvalue weighted by Crippen LogP contribution is -2.20. The Morgan fingerprint density at radius 1 is 1.46 bits per heavy atom. The van der Waals surface area contributed by atoms with Crippen molar-refractivity contribution in [3.63, 3.8) is 0 Å². The molecule has 3 nitrogen and oxygen atoms in total. The van der Waals surface area contributed by atoms with Crippen LogP contribution in [0, 0.1) is 5.92 Å². The van der Waals surface area contributed by atoms with E-state index in [1.165, 1.54) is 0 Å². The summed E-state index contributed by atoms with van der Waals surface area (Å²) < 4.78 is 0. The molecule has 1 rings (SSSR count). The molecule has 1 aromatic rings. The molecule has 0 saturated heterocycles. The van der Waals surface area contributed by atoms with Crippen LogP contribution in [-0.2, 0) is 16.1 Å². The summed E-state index contributed by atoms with van der Waals surface area (Å²) in [6.07, 6.45) is 0.664. The second-order valence-corrected chi connectivity index (χ2v) is 3.03. The molecule has 70 valence electrons. The molecule has 0 aliphatic carbocycles. The van der Waals surface area contributed by atoms with E-state index in [1.807, 2.05) is 30.3 Å². The molecule has 2 N–H and O–H groups in total. The lowest BCUT2D eigenvalue weighted by molar-refractivity contribution is -0.148. The van der Waals surface area contributed by atoms with Crippen molar-refractivity contribution in [1.82, 2.24) is 0 Å². The molecule has 0 heterocycles. The molecule has 0 radical (unpaired) electrons. The first-order valence-corrected chi connectivity index (χ1v) is 4.18. The van der Waals surface area contributed by atoms with Crippen LogP contribution in [0.3, 0.4) is 0 Å². The first-order chi connectivity index (χ1) is 6.24. The van der Waals surface area contributed by atoms with Gasteiger partial charge in [-0.05, 0) is 12.0 Å². The van der Waals surface area contributed by atoms with Crippen LogP contribution in [0.4, 0.5) is 0 Å². The van der Waals surface area contributed by atoms with Gasteiger partial charge < -0.3 is 4.84 Å². The molecular formula is C10H13NO2. The molecule has 0 aliphatic rings. The molecule has 0 spiro atoms. The fraction of sp³-hybridized carbons (Fsp3) is 0.300. The third-order valence-corrected chi connectivity index (χ3v) is 1.90. The first-order valence-electron chi connectivity index (χ1n) is 4.18.